The van der Waals surface area contributed by atoms with Gasteiger partial charge in [-0.25, -0.2) is 0 Å². The van der Waals surface area contributed by atoms with E-state index in [1.807, 2.05) is 11.9 Å². The molecule has 1 amide bonds. The van der Waals surface area contributed by atoms with Crippen molar-refractivity contribution >= 4 is 11.6 Å². The lowest BCUT2D eigenvalue weighted by atomic mass is 9.86. The number of carbonyl (C=O) groups is 1. The second kappa shape index (κ2) is 9.04. The number of nitrogens with zero attached hydrogens (tertiary/aromatic N) is 3. The quantitative estimate of drug-likeness (QED) is 0.683. The topological polar surface area (TPSA) is 26.8 Å². The van der Waals surface area contributed by atoms with Crippen LogP contribution in [0.2, 0.25) is 0 Å². The zero-order valence-corrected chi connectivity index (χ0v) is 19.6. The molecule has 2 aliphatic heterocycles. The molecule has 166 valence electrons. The largest absolute Gasteiger partial charge is 0.372 e. The molecule has 4 nitrogen and oxygen atoms in total. The highest BCUT2D eigenvalue weighted by molar-refractivity contribution is 5.81. The van der Waals surface area contributed by atoms with Crippen molar-refractivity contribution in [1.82, 2.24) is 9.80 Å². The Bertz CT molecular complexity index is 876. The van der Waals surface area contributed by atoms with Gasteiger partial charge in [0, 0.05) is 25.3 Å². The van der Waals surface area contributed by atoms with Gasteiger partial charge in [0.05, 0.1) is 6.54 Å². The van der Waals surface area contributed by atoms with Gasteiger partial charge in [-0.2, -0.15) is 0 Å². The standard InChI is InChI=1S/C27H37N3O/c1-27(2,3)23-12-10-22(11-13-23)26-28(4)20-25(31)30(26)19-16-21-8-14-24(15-9-21)29-17-6-5-7-18-29/h8-15,26H,5-7,16-20H2,1-4H3. The number of hydrogen-bond donors (Lipinski definition) is 0. The van der Waals surface area contributed by atoms with E-state index in [4.69, 9.17) is 0 Å². The van der Waals surface area contributed by atoms with Gasteiger partial charge in [-0.1, -0.05) is 57.2 Å². The van der Waals surface area contributed by atoms with Crippen molar-refractivity contribution in [2.24, 2.45) is 0 Å². The number of hydrogen-bond acceptors (Lipinski definition) is 3. The molecule has 2 aliphatic rings. The fourth-order valence-electron chi connectivity index (χ4n) is 4.88. The Morgan fingerprint density at radius 2 is 1.55 bits per heavy atom. The van der Waals surface area contributed by atoms with Crippen LogP contribution in [0.3, 0.4) is 0 Å². The first-order valence-electron chi connectivity index (χ1n) is 11.8. The second-order valence-corrected chi connectivity index (χ2v) is 10.2. The van der Waals surface area contributed by atoms with Crippen molar-refractivity contribution in [1.29, 1.82) is 0 Å². The fraction of sp³-hybridized carbons (Fsp3) is 0.519. The second-order valence-electron chi connectivity index (χ2n) is 10.2. The molecule has 2 aromatic rings. The molecule has 31 heavy (non-hydrogen) atoms. The number of anilines is 1. The van der Waals surface area contributed by atoms with E-state index in [1.165, 1.54) is 54.7 Å². The van der Waals surface area contributed by atoms with Crippen molar-refractivity contribution in [3.63, 3.8) is 0 Å². The predicted molar refractivity (Wildman–Crippen MR) is 128 cm³/mol. The van der Waals surface area contributed by atoms with Crippen LogP contribution in [0.5, 0.6) is 0 Å². The van der Waals surface area contributed by atoms with Crippen LogP contribution < -0.4 is 4.90 Å². The molecule has 0 radical (unpaired) electrons. The van der Waals surface area contributed by atoms with Crippen molar-refractivity contribution in [3.8, 4) is 0 Å². The van der Waals surface area contributed by atoms with Gasteiger partial charge < -0.3 is 9.80 Å². The summed E-state index contributed by atoms with van der Waals surface area (Å²) in [6.45, 7) is 10.3. The average Bonchev–Trinajstić information content (AvgIpc) is 3.05. The molecule has 2 fully saturated rings. The summed E-state index contributed by atoms with van der Waals surface area (Å²) >= 11 is 0. The summed E-state index contributed by atoms with van der Waals surface area (Å²) < 4.78 is 0. The smallest absolute Gasteiger partial charge is 0.238 e. The molecule has 0 aliphatic carbocycles. The van der Waals surface area contributed by atoms with Crippen molar-refractivity contribution in [2.75, 3.05) is 38.1 Å². The van der Waals surface area contributed by atoms with Crippen LogP contribution >= 0.6 is 0 Å². The summed E-state index contributed by atoms with van der Waals surface area (Å²) in [5, 5.41) is 0. The molecule has 4 rings (SSSR count). The average molecular weight is 420 g/mol. The SMILES string of the molecule is CN1CC(=O)N(CCc2ccc(N3CCCCC3)cc2)C1c1ccc(C(C)(C)C)cc1. The zero-order chi connectivity index (χ0) is 22.0. The van der Waals surface area contributed by atoms with E-state index >= 15 is 0 Å². The monoisotopic (exact) mass is 419 g/mol. The molecule has 2 saturated heterocycles. The molecule has 0 N–H and O–H groups in total. The number of carbonyl (C=O) groups excluding carboxylic acids is 1. The lowest BCUT2D eigenvalue weighted by Gasteiger charge is -2.30. The molecule has 0 bridgehead atoms. The number of amides is 1. The third kappa shape index (κ3) is 4.95. The summed E-state index contributed by atoms with van der Waals surface area (Å²) in [5.74, 6) is 0.220. The van der Waals surface area contributed by atoms with Crippen LogP contribution in [0.25, 0.3) is 0 Å². The summed E-state index contributed by atoms with van der Waals surface area (Å²) in [6, 6.07) is 17.8. The minimum Gasteiger partial charge on any atom is -0.372 e. The minimum atomic E-state index is 0.0224. The third-order valence-electron chi connectivity index (χ3n) is 6.79. The molecule has 2 aromatic carbocycles. The molecule has 1 atom stereocenters. The summed E-state index contributed by atoms with van der Waals surface area (Å²) in [7, 11) is 2.05. The van der Waals surface area contributed by atoms with Crippen molar-refractivity contribution in [2.45, 2.75) is 58.0 Å². The van der Waals surface area contributed by atoms with E-state index < -0.39 is 0 Å². The van der Waals surface area contributed by atoms with Gasteiger partial charge in [0.1, 0.15) is 6.17 Å². The molecule has 2 heterocycles. The lowest BCUT2D eigenvalue weighted by Crippen LogP contribution is -2.32. The van der Waals surface area contributed by atoms with Crippen LogP contribution in [0, 0.1) is 0 Å². The van der Waals surface area contributed by atoms with Gasteiger partial charge in [-0.05, 0) is 67.0 Å². The van der Waals surface area contributed by atoms with Crippen LogP contribution in [0.1, 0.15) is 62.9 Å². The minimum absolute atomic E-state index is 0.0224. The van der Waals surface area contributed by atoms with Crippen molar-refractivity contribution < 1.29 is 4.79 Å². The maximum absolute atomic E-state index is 12.8. The summed E-state index contributed by atoms with van der Waals surface area (Å²) in [6.07, 6.45) is 4.85. The summed E-state index contributed by atoms with van der Waals surface area (Å²) in [5.41, 5.74) is 5.28. The molecular weight excluding hydrogens is 382 g/mol. The normalized spacial score (nSPS) is 20.5. The highest BCUT2D eigenvalue weighted by Crippen LogP contribution is 2.31. The number of benzene rings is 2. The molecular formula is C27H37N3O. The molecule has 0 spiro atoms. The number of rotatable bonds is 5. The lowest BCUT2D eigenvalue weighted by molar-refractivity contribution is -0.128. The Morgan fingerprint density at radius 3 is 2.16 bits per heavy atom. The van der Waals surface area contributed by atoms with E-state index in [1.54, 1.807) is 0 Å². The Hall–Kier alpha value is -2.33. The highest BCUT2D eigenvalue weighted by Gasteiger charge is 2.36. The Morgan fingerprint density at radius 1 is 0.903 bits per heavy atom. The van der Waals surface area contributed by atoms with Gasteiger partial charge in [-0.15, -0.1) is 0 Å². The zero-order valence-electron chi connectivity index (χ0n) is 19.6. The van der Waals surface area contributed by atoms with Crippen molar-refractivity contribution in [3.05, 3.63) is 65.2 Å². The fourth-order valence-corrected chi connectivity index (χ4v) is 4.88. The van der Waals surface area contributed by atoms with Crippen LogP contribution in [-0.4, -0.2) is 48.9 Å². The van der Waals surface area contributed by atoms with Gasteiger partial charge in [0.15, 0.2) is 0 Å². The van der Waals surface area contributed by atoms with E-state index in [0.29, 0.717) is 6.54 Å². The third-order valence-corrected chi connectivity index (χ3v) is 6.79. The van der Waals surface area contributed by atoms with E-state index in [2.05, 4.69) is 79.1 Å². The Labute approximate surface area is 187 Å². The van der Waals surface area contributed by atoms with E-state index in [9.17, 15) is 4.79 Å². The van der Waals surface area contributed by atoms with Crippen LogP contribution in [0.4, 0.5) is 5.69 Å². The molecule has 0 saturated carbocycles. The van der Waals surface area contributed by atoms with Gasteiger partial charge in [-0.3, -0.25) is 9.69 Å². The Kier molecular flexibility index (Phi) is 6.38. The predicted octanol–water partition coefficient (Wildman–Crippen LogP) is 4.99. The first kappa shape index (κ1) is 21.9. The number of piperidine rings is 1. The first-order chi connectivity index (χ1) is 14.8. The molecule has 4 heteroatoms. The van der Waals surface area contributed by atoms with E-state index in [-0.39, 0.29) is 17.5 Å². The molecule has 0 aromatic heterocycles. The van der Waals surface area contributed by atoms with Crippen LogP contribution in [-0.2, 0) is 16.6 Å². The Balaban J connectivity index is 1.43. The van der Waals surface area contributed by atoms with Gasteiger partial charge in [0.25, 0.3) is 0 Å². The van der Waals surface area contributed by atoms with Gasteiger partial charge >= 0.3 is 0 Å². The van der Waals surface area contributed by atoms with Gasteiger partial charge in [0.2, 0.25) is 5.91 Å². The summed E-state index contributed by atoms with van der Waals surface area (Å²) in [4.78, 5) is 19.5. The maximum Gasteiger partial charge on any atom is 0.238 e. The maximum atomic E-state index is 12.8. The first-order valence-corrected chi connectivity index (χ1v) is 11.8. The van der Waals surface area contributed by atoms with E-state index in [0.717, 1.165) is 13.0 Å². The van der Waals surface area contributed by atoms with Crippen LogP contribution in [0.15, 0.2) is 48.5 Å². The molecule has 1 unspecified atom stereocenters. The number of likely N-dealkylation sites (N-methyl/N-ethyl adjacent to an activating group) is 1. The highest BCUT2D eigenvalue weighted by atomic mass is 16.2.